The van der Waals surface area contributed by atoms with Crippen LogP contribution in [0.4, 0.5) is 0 Å². The SMILES string of the molecule is Cn1cc(-n2ccc(=O)c(Cc3cccc(CC(=O)OCCn4cncn4)c3)n2)cn1. The van der Waals surface area contributed by atoms with Crippen molar-refractivity contribution in [2.45, 2.75) is 19.4 Å². The van der Waals surface area contributed by atoms with E-state index in [-0.39, 0.29) is 24.4 Å². The number of benzene rings is 1. The first kappa shape index (κ1) is 20.2. The summed E-state index contributed by atoms with van der Waals surface area (Å²) < 4.78 is 10.2. The van der Waals surface area contributed by atoms with E-state index in [0.717, 1.165) is 16.8 Å². The van der Waals surface area contributed by atoms with E-state index < -0.39 is 0 Å². The van der Waals surface area contributed by atoms with Crippen LogP contribution in [-0.2, 0) is 36.0 Å². The Kier molecular flexibility index (Phi) is 5.97. The number of nitrogens with zero attached hydrogens (tertiary/aromatic N) is 7. The fourth-order valence-corrected chi connectivity index (χ4v) is 3.10. The van der Waals surface area contributed by atoms with Gasteiger partial charge in [0, 0.05) is 25.7 Å². The zero-order valence-corrected chi connectivity index (χ0v) is 17.0. The molecule has 0 unspecified atom stereocenters. The highest BCUT2D eigenvalue weighted by Gasteiger charge is 2.09. The molecule has 1 aromatic carbocycles. The lowest BCUT2D eigenvalue weighted by Crippen LogP contribution is -2.16. The third-order valence-corrected chi connectivity index (χ3v) is 4.60. The molecule has 0 spiro atoms. The van der Waals surface area contributed by atoms with Gasteiger partial charge in [0.25, 0.3) is 0 Å². The molecule has 10 heteroatoms. The average molecular weight is 419 g/mol. The number of hydrogen-bond donors (Lipinski definition) is 0. The summed E-state index contributed by atoms with van der Waals surface area (Å²) in [6.07, 6.45) is 8.61. The summed E-state index contributed by atoms with van der Waals surface area (Å²) in [5.74, 6) is -0.325. The van der Waals surface area contributed by atoms with Gasteiger partial charge in [0.15, 0.2) is 0 Å². The predicted molar refractivity (Wildman–Crippen MR) is 111 cm³/mol. The molecule has 158 valence electrons. The molecule has 0 amide bonds. The Morgan fingerprint density at radius 2 is 2.03 bits per heavy atom. The summed E-state index contributed by atoms with van der Waals surface area (Å²) in [7, 11) is 1.82. The first-order chi connectivity index (χ1) is 15.1. The highest BCUT2D eigenvalue weighted by Crippen LogP contribution is 2.11. The van der Waals surface area contributed by atoms with Crippen LogP contribution in [0, 0.1) is 0 Å². The molecule has 4 aromatic rings. The lowest BCUT2D eigenvalue weighted by atomic mass is 10.0. The number of aryl methyl sites for hydroxylation is 1. The van der Waals surface area contributed by atoms with Crippen molar-refractivity contribution in [1.82, 2.24) is 34.3 Å². The van der Waals surface area contributed by atoms with Crippen LogP contribution in [0.1, 0.15) is 16.8 Å². The Bertz CT molecular complexity index is 1230. The normalized spacial score (nSPS) is 10.9. The van der Waals surface area contributed by atoms with Crippen molar-refractivity contribution in [3.05, 3.63) is 88.6 Å². The van der Waals surface area contributed by atoms with E-state index in [0.29, 0.717) is 18.7 Å². The van der Waals surface area contributed by atoms with Crippen LogP contribution >= 0.6 is 0 Å². The molecule has 0 fully saturated rings. The van der Waals surface area contributed by atoms with Gasteiger partial charge in [0.2, 0.25) is 5.43 Å². The van der Waals surface area contributed by atoms with Gasteiger partial charge in [-0.25, -0.2) is 14.3 Å². The summed E-state index contributed by atoms with van der Waals surface area (Å²) >= 11 is 0. The monoisotopic (exact) mass is 419 g/mol. The van der Waals surface area contributed by atoms with Crippen LogP contribution in [-0.4, -0.2) is 46.9 Å². The zero-order chi connectivity index (χ0) is 21.6. The van der Waals surface area contributed by atoms with E-state index in [9.17, 15) is 9.59 Å². The summed E-state index contributed by atoms with van der Waals surface area (Å²) in [5, 5.41) is 12.5. The molecule has 3 heterocycles. The van der Waals surface area contributed by atoms with Gasteiger partial charge in [0.1, 0.15) is 30.6 Å². The van der Waals surface area contributed by atoms with Crippen molar-refractivity contribution in [3.8, 4) is 5.69 Å². The van der Waals surface area contributed by atoms with Crippen LogP contribution in [0.5, 0.6) is 0 Å². The Morgan fingerprint density at radius 3 is 2.81 bits per heavy atom. The fourth-order valence-electron chi connectivity index (χ4n) is 3.10. The standard InChI is InChI=1S/C21H21N7O3/c1-26-13-18(12-23-26)28-6-5-20(29)19(25-28)10-16-3-2-4-17(9-16)11-21(30)31-8-7-27-15-22-14-24-27/h2-6,9,12-15H,7-8,10-11H2,1H3. The van der Waals surface area contributed by atoms with Gasteiger partial charge in [-0.2, -0.15) is 15.3 Å². The van der Waals surface area contributed by atoms with Crippen LogP contribution in [0.25, 0.3) is 5.69 Å². The lowest BCUT2D eigenvalue weighted by molar-refractivity contribution is -0.143. The van der Waals surface area contributed by atoms with E-state index in [2.05, 4.69) is 20.3 Å². The van der Waals surface area contributed by atoms with E-state index in [4.69, 9.17) is 4.74 Å². The van der Waals surface area contributed by atoms with Gasteiger partial charge in [-0.05, 0) is 11.1 Å². The topological polar surface area (TPSA) is 110 Å². The molecule has 0 aliphatic carbocycles. The van der Waals surface area contributed by atoms with Crippen molar-refractivity contribution in [1.29, 1.82) is 0 Å². The molecule has 0 N–H and O–H groups in total. The summed E-state index contributed by atoms with van der Waals surface area (Å²) in [6.45, 7) is 0.679. The van der Waals surface area contributed by atoms with E-state index in [1.807, 2.05) is 37.5 Å². The minimum Gasteiger partial charge on any atom is -0.463 e. The molecular formula is C21H21N7O3. The summed E-state index contributed by atoms with van der Waals surface area (Å²) in [6, 6.07) is 9.00. The minimum atomic E-state index is -0.325. The quantitative estimate of drug-likeness (QED) is 0.391. The molecule has 0 aliphatic heterocycles. The Balaban J connectivity index is 1.40. The van der Waals surface area contributed by atoms with Crippen LogP contribution < -0.4 is 5.43 Å². The molecule has 0 aliphatic rings. The van der Waals surface area contributed by atoms with Crippen molar-refractivity contribution in [3.63, 3.8) is 0 Å². The van der Waals surface area contributed by atoms with Crippen LogP contribution in [0.15, 0.2) is 66.4 Å². The second kappa shape index (κ2) is 9.16. The number of carbonyl (C=O) groups excluding carboxylic acids is 1. The molecule has 4 rings (SSSR count). The smallest absolute Gasteiger partial charge is 0.310 e. The zero-order valence-electron chi connectivity index (χ0n) is 17.0. The Morgan fingerprint density at radius 1 is 1.16 bits per heavy atom. The highest BCUT2D eigenvalue weighted by atomic mass is 16.5. The maximum absolute atomic E-state index is 12.3. The number of esters is 1. The number of rotatable bonds is 8. The summed E-state index contributed by atoms with van der Waals surface area (Å²) in [4.78, 5) is 28.3. The Hall–Kier alpha value is -4.08. The van der Waals surface area contributed by atoms with Crippen molar-refractivity contribution in [2.24, 2.45) is 7.05 Å². The molecule has 0 saturated heterocycles. The largest absolute Gasteiger partial charge is 0.463 e. The number of ether oxygens (including phenoxy) is 1. The molecule has 10 nitrogen and oxygen atoms in total. The number of carbonyl (C=O) groups is 1. The average Bonchev–Trinajstić information content (AvgIpc) is 3.42. The second-order valence-corrected chi connectivity index (χ2v) is 7.00. The van der Waals surface area contributed by atoms with Crippen LogP contribution in [0.3, 0.4) is 0 Å². The Labute approximate surface area is 177 Å². The molecule has 31 heavy (non-hydrogen) atoms. The summed E-state index contributed by atoms with van der Waals surface area (Å²) in [5.41, 5.74) is 2.75. The molecule has 0 atom stereocenters. The molecule has 3 aromatic heterocycles. The van der Waals surface area contributed by atoms with Gasteiger partial charge in [0.05, 0.1) is 25.4 Å². The van der Waals surface area contributed by atoms with Gasteiger partial charge < -0.3 is 4.74 Å². The van der Waals surface area contributed by atoms with Crippen LogP contribution in [0.2, 0.25) is 0 Å². The van der Waals surface area contributed by atoms with Crippen molar-refractivity contribution in [2.75, 3.05) is 6.61 Å². The number of aromatic nitrogens is 7. The molecule has 0 bridgehead atoms. The van der Waals surface area contributed by atoms with Gasteiger partial charge in [-0.3, -0.25) is 14.3 Å². The minimum absolute atomic E-state index is 0.141. The molecule has 0 saturated carbocycles. The highest BCUT2D eigenvalue weighted by molar-refractivity contribution is 5.72. The third-order valence-electron chi connectivity index (χ3n) is 4.60. The van der Waals surface area contributed by atoms with E-state index >= 15 is 0 Å². The first-order valence-corrected chi connectivity index (χ1v) is 9.70. The van der Waals surface area contributed by atoms with E-state index in [1.165, 1.54) is 12.4 Å². The van der Waals surface area contributed by atoms with Crippen molar-refractivity contribution < 1.29 is 9.53 Å². The van der Waals surface area contributed by atoms with Gasteiger partial charge >= 0.3 is 5.97 Å². The second-order valence-electron chi connectivity index (χ2n) is 7.00. The lowest BCUT2D eigenvalue weighted by Gasteiger charge is -2.08. The van der Waals surface area contributed by atoms with Gasteiger partial charge in [-0.15, -0.1) is 0 Å². The van der Waals surface area contributed by atoms with E-state index in [1.54, 1.807) is 32.8 Å². The maximum atomic E-state index is 12.3. The molecule has 0 radical (unpaired) electrons. The van der Waals surface area contributed by atoms with Gasteiger partial charge in [-0.1, -0.05) is 24.3 Å². The first-order valence-electron chi connectivity index (χ1n) is 9.70. The number of hydrogen-bond acceptors (Lipinski definition) is 7. The fraction of sp³-hybridized carbons (Fsp3) is 0.238. The maximum Gasteiger partial charge on any atom is 0.310 e. The van der Waals surface area contributed by atoms with Crippen molar-refractivity contribution >= 4 is 5.97 Å². The third kappa shape index (κ3) is 5.30. The molecular weight excluding hydrogens is 398 g/mol. The predicted octanol–water partition coefficient (Wildman–Crippen LogP) is 0.934.